The maximum Gasteiger partial charge on any atom is 0.123 e. The normalized spacial score (nSPS) is 22.5. The number of benzene rings is 2. The van der Waals surface area contributed by atoms with Gasteiger partial charge in [-0.05, 0) is 97.4 Å². The third kappa shape index (κ3) is 5.34. The lowest BCUT2D eigenvalue weighted by Gasteiger charge is -2.40. The van der Waals surface area contributed by atoms with E-state index in [1.54, 1.807) is 17.7 Å². The van der Waals surface area contributed by atoms with Crippen molar-refractivity contribution in [1.29, 1.82) is 0 Å². The molecule has 0 N–H and O–H groups in total. The first-order chi connectivity index (χ1) is 14.7. The van der Waals surface area contributed by atoms with Crippen LogP contribution in [0.15, 0.2) is 42.5 Å². The second kappa shape index (κ2) is 10.3. The van der Waals surface area contributed by atoms with Gasteiger partial charge in [-0.1, -0.05) is 63.4 Å². The fourth-order valence-corrected chi connectivity index (χ4v) is 5.67. The number of halogens is 1. The first-order valence-electron chi connectivity index (χ1n) is 12.1. The number of hydrogen-bond donors (Lipinski definition) is 0. The van der Waals surface area contributed by atoms with E-state index < -0.39 is 0 Å². The van der Waals surface area contributed by atoms with Gasteiger partial charge in [0.1, 0.15) is 5.82 Å². The molecule has 0 aliphatic heterocycles. The van der Waals surface area contributed by atoms with Gasteiger partial charge in [0.05, 0.1) is 0 Å². The molecule has 2 aliphatic rings. The zero-order valence-electron chi connectivity index (χ0n) is 18.4. The van der Waals surface area contributed by atoms with Crippen molar-refractivity contribution in [2.75, 3.05) is 0 Å². The van der Waals surface area contributed by atoms with Crippen molar-refractivity contribution in [3.63, 3.8) is 0 Å². The minimum absolute atomic E-state index is 0.213. The SMILES string of the molecule is CCCCCCCC1CCC2c3ccc(C#Cc4ccc(F)cc4)cc3CCC2C1. The molecule has 0 radical (unpaired) electrons. The summed E-state index contributed by atoms with van der Waals surface area (Å²) in [7, 11) is 0. The number of fused-ring (bicyclic) bond motifs is 3. The average Bonchev–Trinajstić information content (AvgIpc) is 2.78. The van der Waals surface area contributed by atoms with E-state index in [2.05, 4.69) is 37.0 Å². The molecule has 0 aromatic heterocycles. The maximum absolute atomic E-state index is 13.1. The van der Waals surface area contributed by atoms with E-state index in [0.717, 1.165) is 28.9 Å². The predicted octanol–water partition coefficient (Wildman–Crippen LogP) is 8.03. The minimum atomic E-state index is -0.213. The summed E-state index contributed by atoms with van der Waals surface area (Å²) in [6.07, 6.45) is 15.3. The van der Waals surface area contributed by atoms with Crippen LogP contribution in [0.1, 0.15) is 99.3 Å². The largest absolute Gasteiger partial charge is 0.207 e. The van der Waals surface area contributed by atoms with Crippen LogP contribution < -0.4 is 0 Å². The Morgan fingerprint density at radius 1 is 0.867 bits per heavy atom. The Labute approximate surface area is 182 Å². The molecule has 3 atom stereocenters. The lowest BCUT2D eigenvalue weighted by molar-refractivity contribution is 0.199. The monoisotopic (exact) mass is 402 g/mol. The topological polar surface area (TPSA) is 0 Å². The second-order valence-corrected chi connectivity index (χ2v) is 9.46. The van der Waals surface area contributed by atoms with Gasteiger partial charge in [-0.2, -0.15) is 0 Å². The molecule has 2 aromatic carbocycles. The van der Waals surface area contributed by atoms with Gasteiger partial charge in [0.25, 0.3) is 0 Å². The molecule has 0 spiro atoms. The molecule has 30 heavy (non-hydrogen) atoms. The van der Waals surface area contributed by atoms with Crippen molar-refractivity contribution in [1.82, 2.24) is 0 Å². The molecule has 1 fully saturated rings. The van der Waals surface area contributed by atoms with E-state index in [9.17, 15) is 4.39 Å². The lowest BCUT2D eigenvalue weighted by Crippen LogP contribution is -2.28. The summed E-state index contributed by atoms with van der Waals surface area (Å²) >= 11 is 0. The highest BCUT2D eigenvalue weighted by molar-refractivity contribution is 5.47. The molecule has 2 aromatic rings. The van der Waals surface area contributed by atoms with Crippen LogP contribution >= 0.6 is 0 Å². The molecule has 1 heteroatoms. The summed E-state index contributed by atoms with van der Waals surface area (Å²) in [5.41, 5.74) is 5.06. The third-order valence-electron chi connectivity index (χ3n) is 7.33. The van der Waals surface area contributed by atoms with Crippen molar-refractivity contribution < 1.29 is 4.39 Å². The van der Waals surface area contributed by atoms with Gasteiger partial charge in [-0.3, -0.25) is 0 Å². The number of rotatable bonds is 6. The van der Waals surface area contributed by atoms with E-state index in [1.807, 2.05) is 0 Å². The third-order valence-corrected chi connectivity index (χ3v) is 7.33. The fraction of sp³-hybridized carbons (Fsp3) is 0.517. The summed E-state index contributed by atoms with van der Waals surface area (Å²) in [5, 5.41) is 0. The summed E-state index contributed by atoms with van der Waals surface area (Å²) < 4.78 is 13.1. The molecule has 0 amide bonds. The Morgan fingerprint density at radius 3 is 2.47 bits per heavy atom. The molecule has 0 saturated heterocycles. The van der Waals surface area contributed by atoms with Crippen molar-refractivity contribution >= 4 is 0 Å². The molecule has 2 aliphatic carbocycles. The summed E-state index contributed by atoms with van der Waals surface area (Å²) in [4.78, 5) is 0. The Kier molecular flexibility index (Phi) is 7.27. The molecular weight excluding hydrogens is 367 g/mol. The van der Waals surface area contributed by atoms with Gasteiger partial charge in [0, 0.05) is 11.1 Å². The zero-order valence-corrected chi connectivity index (χ0v) is 18.4. The van der Waals surface area contributed by atoms with Crippen molar-refractivity contribution in [2.45, 2.75) is 83.5 Å². The lowest BCUT2D eigenvalue weighted by atomic mass is 9.64. The standard InChI is InChI=1S/C29H35F/c1-2-3-4-5-6-7-23-12-18-28-25(20-23)14-15-26-21-24(13-19-29(26)28)9-8-22-10-16-27(30)17-11-22/h10-11,13,16-17,19,21,23,25,28H,2-7,12,14-15,18,20H2,1H3. The van der Waals surface area contributed by atoms with Gasteiger partial charge < -0.3 is 0 Å². The maximum atomic E-state index is 13.1. The number of aryl methyl sites for hydroxylation is 1. The van der Waals surface area contributed by atoms with E-state index >= 15 is 0 Å². The van der Waals surface area contributed by atoms with Crippen LogP contribution in [0.5, 0.6) is 0 Å². The van der Waals surface area contributed by atoms with Crippen molar-refractivity contribution in [3.8, 4) is 11.8 Å². The molecular formula is C29H35F. The molecule has 4 rings (SSSR count). The molecule has 3 unspecified atom stereocenters. The van der Waals surface area contributed by atoms with Gasteiger partial charge in [0.2, 0.25) is 0 Å². The van der Waals surface area contributed by atoms with Crippen LogP contribution in [0.4, 0.5) is 4.39 Å². The van der Waals surface area contributed by atoms with Crippen molar-refractivity contribution in [2.24, 2.45) is 11.8 Å². The highest BCUT2D eigenvalue weighted by Crippen LogP contribution is 2.48. The van der Waals surface area contributed by atoms with Crippen LogP contribution in [0.3, 0.4) is 0 Å². The van der Waals surface area contributed by atoms with Crippen LogP contribution in [-0.4, -0.2) is 0 Å². The highest BCUT2D eigenvalue weighted by atomic mass is 19.1. The van der Waals surface area contributed by atoms with E-state index in [0.29, 0.717) is 0 Å². The number of unbranched alkanes of at least 4 members (excludes halogenated alkanes) is 4. The Morgan fingerprint density at radius 2 is 1.63 bits per heavy atom. The Balaban J connectivity index is 1.36. The van der Waals surface area contributed by atoms with E-state index in [1.165, 1.54) is 88.3 Å². The van der Waals surface area contributed by atoms with Gasteiger partial charge >= 0.3 is 0 Å². The quantitative estimate of drug-likeness (QED) is 0.339. The highest BCUT2D eigenvalue weighted by Gasteiger charge is 2.34. The van der Waals surface area contributed by atoms with Gasteiger partial charge in [-0.15, -0.1) is 0 Å². The van der Waals surface area contributed by atoms with E-state index in [-0.39, 0.29) is 5.82 Å². The smallest absolute Gasteiger partial charge is 0.123 e. The van der Waals surface area contributed by atoms with Crippen LogP contribution in [0, 0.1) is 29.5 Å². The molecule has 0 heterocycles. The molecule has 0 nitrogen and oxygen atoms in total. The van der Waals surface area contributed by atoms with E-state index in [4.69, 9.17) is 0 Å². The zero-order chi connectivity index (χ0) is 20.8. The number of hydrogen-bond acceptors (Lipinski definition) is 0. The summed E-state index contributed by atoms with van der Waals surface area (Å²) in [6, 6.07) is 13.3. The fourth-order valence-electron chi connectivity index (χ4n) is 5.67. The first-order valence-corrected chi connectivity index (χ1v) is 12.1. The van der Waals surface area contributed by atoms with Crippen LogP contribution in [0.2, 0.25) is 0 Å². The Bertz CT molecular complexity index is 883. The first kappa shape index (κ1) is 21.2. The summed E-state index contributed by atoms with van der Waals surface area (Å²) in [5.74, 6) is 8.86. The predicted molar refractivity (Wildman–Crippen MR) is 124 cm³/mol. The average molecular weight is 403 g/mol. The van der Waals surface area contributed by atoms with Gasteiger partial charge in [0.15, 0.2) is 0 Å². The van der Waals surface area contributed by atoms with Crippen LogP contribution in [-0.2, 0) is 6.42 Å². The van der Waals surface area contributed by atoms with Crippen LogP contribution in [0.25, 0.3) is 0 Å². The minimum Gasteiger partial charge on any atom is -0.207 e. The molecule has 1 saturated carbocycles. The molecule has 0 bridgehead atoms. The second-order valence-electron chi connectivity index (χ2n) is 9.46. The summed E-state index contributed by atoms with van der Waals surface area (Å²) in [6.45, 7) is 2.29. The molecule has 158 valence electrons. The van der Waals surface area contributed by atoms with Crippen molar-refractivity contribution in [3.05, 3.63) is 70.5 Å². The Hall–Kier alpha value is -2.07. The van der Waals surface area contributed by atoms with Gasteiger partial charge in [-0.25, -0.2) is 4.39 Å².